The van der Waals surface area contributed by atoms with Crippen molar-refractivity contribution >= 4 is 0 Å². The summed E-state index contributed by atoms with van der Waals surface area (Å²) in [6.45, 7) is 0. The number of nitrogens with zero attached hydrogens (tertiary/aromatic N) is 2. The molecule has 0 aliphatic heterocycles. The Kier molecular flexibility index (Phi) is 1.36. The third-order valence-electron chi connectivity index (χ3n) is 2.05. The maximum absolute atomic E-state index is 8.58. The van der Waals surface area contributed by atoms with Crippen molar-refractivity contribution in [3.63, 3.8) is 0 Å². The van der Waals surface area contributed by atoms with Crippen molar-refractivity contribution < 1.29 is 0 Å². The fourth-order valence-corrected chi connectivity index (χ4v) is 1.49. The highest BCUT2D eigenvalue weighted by Gasteiger charge is 2.11. The third-order valence-corrected chi connectivity index (χ3v) is 2.05. The molecule has 0 spiro atoms. The summed E-state index contributed by atoms with van der Waals surface area (Å²) in [6.07, 6.45) is 5.03. The molecule has 54 valence electrons. The second kappa shape index (κ2) is 2.35. The van der Waals surface area contributed by atoms with Gasteiger partial charge in [-0.15, -0.1) is 0 Å². The summed E-state index contributed by atoms with van der Waals surface area (Å²) >= 11 is 0. The van der Waals surface area contributed by atoms with E-state index in [4.69, 9.17) is 5.26 Å². The summed E-state index contributed by atoms with van der Waals surface area (Å²) in [6, 6.07) is 4.05. The zero-order valence-corrected chi connectivity index (χ0v) is 6.17. The number of fused-ring (bicyclic) bond motifs is 1. The zero-order valence-electron chi connectivity index (χ0n) is 6.17. The van der Waals surface area contributed by atoms with Gasteiger partial charge in [0.05, 0.1) is 5.56 Å². The predicted molar refractivity (Wildman–Crippen MR) is 41.0 cm³/mol. The van der Waals surface area contributed by atoms with Crippen molar-refractivity contribution in [2.24, 2.45) is 0 Å². The van der Waals surface area contributed by atoms with Gasteiger partial charge in [0.2, 0.25) is 0 Å². The Labute approximate surface area is 65.5 Å². The number of pyridine rings is 1. The SMILES string of the molecule is N#Cc1cnc2c(c1)CCC2. The largest absolute Gasteiger partial charge is 0.260 e. The Morgan fingerprint density at radius 2 is 2.36 bits per heavy atom. The van der Waals surface area contributed by atoms with Crippen LogP contribution >= 0.6 is 0 Å². The van der Waals surface area contributed by atoms with Gasteiger partial charge < -0.3 is 0 Å². The van der Waals surface area contributed by atoms with Crippen LogP contribution < -0.4 is 0 Å². The Bertz CT molecular complexity index is 323. The summed E-state index contributed by atoms with van der Waals surface area (Å²) in [5.74, 6) is 0. The molecule has 2 heteroatoms. The Morgan fingerprint density at radius 1 is 1.45 bits per heavy atom. The molecule has 0 atom stereocenters. The molecule has 0 aromatic carbocycles. The van der Waals surface area contributed by atoms with E-state index in [-0.39, 0.29) is 0 Å². The van der Waals surface area contributed by atoms with Gasteiger partial charge in [-0.25, -0.2) is 0 Å². The maximum atomic E-state index is 8.58. The van der Waals surface area contributed by atoms with E-state index in [2.05, 4.69) is 11.1 Å². The molecule has 1 aromatic heterocycles. The molecule has 2 nitrogen and oxygen atoms in total. The molecule has 2 rings (SSSR count). The van der Waals surface area contributed by atoms with E-state index in [1.807, 2.05) is 6.07 Å². The van der Waals surface area contributed by atoms with E-state index in [1.54, 1.807) is 6.20 Å². The van der Waals surface area contributed by atoms with E-state index in [0.29, 0.717) is 5.56 Å². The van der Waals surface area contributed by atoms with E-state index in [9.17, 15) is 0 Å². The van der Waals surface area contributed by atoms with Crippen LogP contribution in [0.1, 0.15) is 23.2 Å². The monoisotopic (exact) mass is 144 g/mol. The number of hydrogen-bond donors (Lipinski definition) is 0. The van der Waals surface area contributed by atoms with Crippen LogP contribution in [0.4, 0.5) is 0 Å². The summed E-state index contributed by atoms with van der Waals surface area (Å²) in [7, 11) is 0. The summed E-state index contributed by atoms with van der Waals surface area (Å²) in [5, 5.41) is 8.58. The van der Waals surface area contributed by atoms with Gasteiger partial charge in [-0.1, -0.05) is 0 Å². The zero-order chi connectivity index (χ0) is 7.68. The Hall–Kier alpha value is -1.36. The lowest BCUT2D eigenvalue weighted by Gasteiger charge is -1.95. The fourth-order valence-electron chi connectivity index (χ4n) is 1.49. The van der Waals surface area contributed by atoms with Crippen LogP contribution in [-0.4, -0.2) is 4.98 Å². The lowest BCUT2D eigenvalue weighted by Crippen LogP contribution is -1.88. The van der Waals surface area contributed by atoms with Crippen LogP contribution in [0.2, 0.25) is 0 Å². The predicted octanol–water partition coefficient (Wildman–Crippen LogP) is 1.44. The molecule has 0 unspecified atom stereocenters. The molecule has 0 fully saturated rings. The number of rotatable bonds is 0. The molecule has 11 heavy (non-hydrogen) atoms. The number of aromatic nitrogens is 1. The molecule has 0 saturated carbocycles. The number of aryl methyl sites for hydroxylation is 2. The summed E-state index contributed by atoms with van der Waals surface area (Å²) in [4.78, 5) is 4.21. The van der Waals surface area contributed by atoms with Crippen molar-refractivity contribution in [3.05, 3.63) is 29.1 Å². The minimum atomic E-state index is 0.686. The Morgan fingerprint density at radius 3 is 3.18 bits per heavy atom. The van der Waals surface area contributed by atoms with Gasteiger partial charge in [-0.2, -0.15) is 5.26 Å². The van der Waals surface area contributed by atoms with Gasteiger partial charge in [0.25, 0.3) is 0 Å². The van der Waals surface area contributed by atoms with Gasteiger partial charge >= 0.3 is 0 Å². The minimum Gasteiger partial charge on any atom is -0.260 e. The lowest BCUT2D eigenvalue weighted by atomic mass is 10.2. The smallest absolute Gasteiger partial charge is 0.101 e. The van der Waals surface area contributed by atoms with E-state index in [0.717, 1.165) is 12.8 Å². The van der Waals surface area contributed by atoms with Crippen molar-refractivity contribution in [1.29, 1.82) is 5.26 Å². The van der Waals surface area contributed by atoms with Crippen LogP contribution in [0.25, 0.3) is 0 Å². The lowest BCUT2D eigenvalue weighted by molar-refractivity contribution is 0.899. The van der Waals surface area contributed by atoms with E-state index in [1.165, 1.54) is 17.7 Å². The average molecular weight is 144 g/mol. The quantitative estimate of drug-likeness (QED) is 0.552. The van der Waals surface area contributed by atoms with Crippen molar-refractivity contribution in [3.8, 4) is 6.07 Å². The second-order valence-electron chi connectivity index (χ2n) is 2.80. The van der Waals surface area contributed by atoms with Crippen LogP contribution in [0.3, 0.4) is 0 Å². The molecular weight excluding hydrogens is 136 g/mol. The maximum Gasteiger partial charge on any atom is 0.101 e. The topological polar surface area (TPSA) is 36.7 Å². The highest BCUT2D eigenvalue weighted by molar-refractivity contribution is 5.34. The first-order chi connectivity index (χ1) is 5.40. The first kappa shape index (κ1) is 6.36. The molecule has 1 aliphatic rings. The van der Waals surface area contributed by atoms with Gasteiger partial charge in [-0.3, -0.25) is 4.98 Å². The van der Waals surface area contributed by atoms with E-state index < -0.39 is 0 Å². The normalized spacial score (nSPS) is 14.1. The molecule has 0 bridgehead atoms. The summed E-state index contributed by atoms with van der Waals surface area (Å²) < 4.78 is 0. The molecule has 0 saturated heterocycles. The van der Waals surface area contributed by atoms with Crippen LogP contribution in [0.15, 0.2) is 12.3 Å². The molecule has 0 amide bonds. The van der Waals surface area contributed by atoms with Crippen LogP contribution in [0.5, 0.6) is 0 Å². The standard InChI is InChI=1S/C9H8N2/c10-5-7-4-8-2-1-3-9(8)11-6-7/h4,6H,1-3H2. The van der Waals surface area contributed by atoms with Crippen molar-refractivity contribution in [1.82, 2.24) is 4.98 Å². The first-order valence-corrected chi connectivity index (χ1v) is 3.78. The Balaban J connectivity index is 2.51. The molecule has 0 radical (unpaired) electrons. The third kappa shape index (κ3) is 0.988. The van der Waals surface area contributed by atoms with Crippen LogP contribution in [0, 0.1) is 11.3 Å². The van der Waals surface area contributed by atoms with Crippen molar-refractivity contribution in [2.75, 3.05) is 0 Å². The number of hydrogen-bond acceptors (Lipinski definition) is 2. The number of nitriles is 1. The van der Waals surface area contributed by atoms with Gasteiger partial charge in [0, 0.05) is 11.9 Å². The summed E-state index contributed by atoms with van der Waals surface area (Å²) in [5.41, 5.74) is 3.14. The van der Waals surface area contributed by atoms with Gasteiger partial charge in [-0.05, 0) is 30.9 Å². The first-order valence-electron chi connectivity index (χ1n) is 3.78. The van der Waals surface area contributed by atoms with Gasteiger partial charge in [0.1, 0.15) is 6.07 Å². The minimum absolute atomic E-state index is 0.686. The molecule has 1 aromatic rings. The average Bonchev–Trinajstić information content (AvgIpc) is 2.50. The fraction of sp³-hybridized carbons (Fsp3) is 0.333. The van der Waals surface area contributed by atoms with Crippen LogP contribution in [-0.2, 0) is 12.8 Å². The molecule has 0 N–H and O–H groups in total. The highest BCUT2D eigenvalue weighted by atomic mass is 14.7. The molecular formula is C9H8N2. The second-order valence-corrected chi connectivity index (χ2v) is 2.80. The highest BCUT2D eigenvalue weighted by Crippen LogP contribution is 2.19. The molecule has 1 heterocycles. The van der Waals surface area contributed by atoms with Crippen molar-refractivity contribution in [2.45, 2.75) is 19.3 Å². The van der Waals surface area contributed by atoms with Gasteiger partial charge in [0.15, 0.2) is 0 Å². The van der Waals surface area contributed by atoms with E-state index >= 15 is 0 Å². The molecule has 1 aliphatic carbocycles.